The van der Waals surface area contributed by atoms with Crippen LogP contribution in [0, 0.1) is 21.4 Å². The molecule has 0 bridgehead atoms. The topological polar surface area (TPSA) is 151 Å². The molecule has 1 heterocycles. The largest absolute Gasteiger partial charge is 0.490 e. The van der Waals surface area contributed by atoms with Crippen LogP contribution in [0.5, 0.6) is 11.5 Å². The molecule has 0 aliphatic carbocycles. The molecule has 0 fully saturated rings. The third-order valence-electron chi connectivity index (χ3n) is 3.13. The number of nitriles is 1. The molecule has 2 aromatic rings. The van der Waals surface area contributed by atoms with Crippen molar-refractivity contribution in [2.45, 2.75) is 6.92 Å². The molecule has 0 unspecified atom stereocenters. The second-order valence-corrected chi connectivity index (χ2v) is 4.85. The van der Waals surface area contributed by atoms with Gasteiger partial charge < -0.3 is 14.5 Å². The summed E-state index contributed by atoms with van der Waals surface area (Å²) in [5, 5.41) is 19.6. The normalized spacial score (nSPS) is 10.5. The highest BCUT2D eigenvalue weighted by Crippen LogP contribution is 2.29. The molecule has 0 saturated carbocycles. The second kappa shape index (κ2) is 8.29. The molecule has 0 radical (unpaired) electrons. The smallest absolute Gasteiger partial charge is 0.357 e. The van der Waals surface area contributed by atoms with Gasteiger partial charge in [-0.05, 0) is 30.7 Å². The van der Waals surface area contributed by atoms with E-state index in [0.717, 1.165) is 0 Å². The number of rotatable bonds is 7. The van der Waals surface area contributed by atoms with Crippen LogP contribution in [0.25, 0.3) is 12.2 Å². The highest BCUT2D eigenvalue weighted by molar-refractivity contribution is 5.72. The first kappa shape index (κ1) is 18.5. The van der Waals surface area contributed by atoms with Crippen LogP contribution in [-0.4, -0.2) is 28.1 Å². The fourth-order valence-corrected chi connectivity index (χ4v) is 2.10. The molecule has 1 aromatic carbocycles. The monoisotopic (exact) mass is 358 g/mol. The molecule has 0 spiro atoms. The van der Waals surface area contributed by atoms with Gasteiger partial charge in [0.2, 0.25) is 0 Å². The molecule has 1 aromatic heterocycles. The van der Waals surface area contributed by atoms with Gasteiger partial charge in [-0.1, -0.05) is 12.1 Å². The Kier molecular flexibility index (Phi) is 5.89. The van der Waals surface area contributed by atoms with Crippen molar-refractivity contribution in [3.8, 4) is 17.6 Å². The Morgan fingerprint density at radius 3 is 2.65 bits per heavy atom. The number of nitrogens with zero attached hydrogens (tertiary/aromatic N) is 2. The highest BCUT2D eigenvalue weighted by atomic mass is 16.6. The van der Waals surface area contributed by atoms with Crippen molar-refractivity contribution in [3.63, 3.8) is 0 Å². The summed E-state index contributed by atoms with van der Waals surface area (Å²) in [4.78, 5) is 37.1. The molecule has 0 atom stereocenters. The fraction of sp³-hybridized carbons (Fsp3) is 0.188. The zero-order valence-corrected chi connectivity index (χ0v) is 13.6. The average molecular weight is 358 g/mol. The Morgan fingerprint density at radius 2 is 2.00 bits per heavy atom. The summed E-state index contributed by atoms with van der Waals surface area (Å²) < 4.78 is 10.7. The summed E-state index contributed by atoms with van der Waals surface area (Å²) in [5.74, 6) is 0.764. The van der Waals surface area contributed by atoms with Crippen LogP contribution in [0.2, 0.25) is 0 Å². The molecule has 0 amide bonds. The van der Waals surface area contributed by atoms with E-state index in [2.05, 4.69) is 4.98 Å². The van der Waals surface area contributed by atoms with Crippen molar-refractivity contribution in [2.75, 3.05) is 13.2 Å². The van der Waals surface area contributed by atoms with Gasteiger partial charge in [-0.15, -0.1) is 0 Å². The summed E-state index contributed by atoms with van der Waals surface area (Å²) in [6.45, 7) is 2.00. The number of hydrogen-bond acceptors (Lipinski definition) is 7. The highest BCUT2D eigenvalue weighted by Gasteiger charge is 2.18. The van der Waals surface area contributed by atoms with E-state index in [4.69, 9.17) is 14.7 Å². The lowest BCUT2D eigenvalue weighted by Gasteiger charge is -2.10. The van der Waals surface area contributed by atoms with Gasteiger partial charge in [0.15, 0.2) is 18.1 Å². The third kappa shape index (κ3) is 4.35. The predicted octanol–water partition coefficient (Wildman–Crippen LogP) is 1.44. The van der Waals surface area contributed by atoms with Crippen LogP contribution in [-0.2, 0) is 0 Å². The Balaban J connectivity index is 2.41. The molecule has 2 rings (SSSR count). The minimum atomic E-state index is -1.09. The van der Waals surface area contributed by atoms with Crippen LogP contribution in [0.15, 0.2) is 27.8 Å². The molecule has 134 valence electrons. The van der Waals surface area contributed by atoms with Crippen molar-refractivity contribution >= 4 is 17.8 Å². The van der Waals surface area contributed by atoms with Crippen molar-refractivity contribution in [1.82, 2.24) is 9.97 Å². The van der Waals surface area contributed by atoms with E-state index in [1.807, 2.05) is 6.07 Å². The lowest BCUT2D eigenvalue weighted by Crippen LogP contribution is -2.25. The number of hydrogen-bond donors (Lipinski definition) is 2. The average Bonchev–Trinajstić information content (AvgIpc) is 2.58. The third-order valence-corrected chi connectivity index (χ3v) is 3.13. The van der Waals surface area contributed by atoms with Crippen LogP contribution in [0.1, 0.15) is 18.2 Å². The van der Waals surface area contributed by atoms with E-state index < -0.39 is 21.9 Å². The minimum Gasteiger partial charge on any atom is -0.490 e. The number of ether oxygens (including phenoxy) is 2. The Morgan fingerprint density at radius 1 is 1.23 bits per heavy atom. The summed E-state index contributed by atoms with van der Waals surface area (Å²) in [6, 6.07) is 6.66. The van der Waals surface area contributed by atoms with Gasteiger partial charge in [0.25, 0.3) is 0 Å². The molecule has 26 heavy (non-hydrogen) atoms. The summed E-state index contributed by atoms with van der Waals surface area (Å²) >= 11 is 0. The van der Waals surface area contributed by atoms with Gasteiger partial charge >= 0.3 is 16.9 Å². The van der Waals surface area contributed by atoms with Gasteiger partial charge in [-0.25, -0.2) is 4.79 Å². The lowest BCUT2D eigenvalue weighted by molar-refractivity contribution is -0.386. The fourth-order valence-electron chi connectivity index (χ4n) is 2.10. The molecule has 0 aliphatic heterocycles. The van der Waals surface area contributed by atoms with Crippen LogP contribution in [0.3, 0.4) is 0 Å². The predicted molar refractivity (Wildman–Crippen MR) is 92.0 cm³/mol. The summed E-state index contributed by atoms with van der Waals surface area (Å²) in [7, 11) is 0. The Hall–Kier alpha value is -3.87. The first-order valence-corrected chi connectivity index (χ1v) is 7.42. The van der Waals surface area contributed by atoms with Gasteiger partial charge in [0, 0.05) is 0 Å². The van der Waals surface area contributed by atoms with Crippen molar-refractivity contribution < 1.29 is 14.4 Å². The zero-order valence-electron chi connectivity index (χ0n) is 13.6. The van der Waals surface area contributed by atoms with Gasteiger partial charge in [-0.2, -0.15) is 5.26 Å². The van der Waals surface area contributed by atoms with E-state index in [-0.39, 0.29) is 12.3 Å². The second-order valence-electron chi connectivity index (χ2n) is 4.85. The van der Waals surface area contributed by atoms with Crippen LogP contribution in [0.4, 0.5) is 5.69 Å². The van der Waals surface area contributed by atoms with Gasteiger partial charge in [-0.3, -0.25) is 19.9 Å². The van der Waals surface area contributed by atoms with Gasteiger partial charge in [0.1, 0.15) is 11.8 Å². The molecule has 2 N–H and O–H groups in total. The SMILES string of the molecule is CCOc1cc(/C=C/c2[nH]c(=O)[nH]c(=O)c2[N+](=O)[O-])ccc1OCC#N. The molecular formula is C16H14N4O6. The number of benzene rings is 1. The molecule has 0 saturated heterocycles. The summed E-state index contributed by atoms with van der Waals surface area (Å²) in [5.41, 5.74) is -2.36. The van der Waals surface area contributed by atoms with Crippen molar-refractivity contribution in [3.05, 3.63) is 60.4 Å². The first-order chi connectivity index (χ1) is 12.5. The maximum atomic E-state index is 11.6. The van der Waals surface area contributed by atoms with E-state index in [9.17, 15) is 19.7 Å². The van der Waals surface area contributed by atoms with Crippen LogP contribution >= 0.6 is 0 Å². The zero-order chi connectivity index (χ0) is 19.1. The van der Waals surface area contributed by atoms with Crippen LogP contribution < -0.4 is 20.7 Å². The van der Waals surface area contributed by atoms with E-state index >= 15 is 0 Å². The molecule has 0 aliphatic rings. The van der Waals surface area contributed by atoms with Crippen molar-refractivity contribution in [2.24, 2.45) is 0 Å². The maximum absolute atomic E-state index is 11.6. The number of aromatic nitrogens is 2. The number of nitro groups is 1. The number of aromatic amines is 2. The van der Waals surface area contributed by atoms with E-state index in [1.54, 1.807) is 30.1 Å². The first-order valence-electron chi connectivity index (χ1n) is 7.42. The number of nitrogens with one attached hydrogen (secondary N) is 2. The maximum Gasteiger partial charge on any atom is 0.357 e. The minimum absolute atomic E-state index is 0.143. The lowest BCUT2D eigenvalue weighted by atomic mass is 10.1. The standard InChI is InChI=1S/C16H14N4O6/c1-2-25-13-9-10(4-6-12(13)26-8-7-17)3-5-11-14(20(23)24)15(21)19-16(22)18-11/h3-6,9H,2,8H2,1H3,(H2,18,19,21,22)/b5-3+. The molecule has 10 nitrogen and oxygen atoms in total. The quantitative estimate of drug-likeness (QED) is 0.561. The Bertz CT molecular complexity index is 999. The van der Waals surface area contributed by atoms with E-state index in [1.165, 1.54) is 12.2 Å². The molecule has 10 heteroatoms. The summed E-state index contributed by atoms with van der Waals surface area (Å²) in [6.07, 6.45) is 2.71. The van der Waals surface area contributed by atoms with E-state index in [0.29, 0.717) is 23.7 Å². The molecular weight excluding hydrogens is 344 g/mol. The van der Waals surface area contributed by atoms with Gasteiger partial charge in [0.05, 0.1) is 11.5 Å². The number of H-pyrrole nitrogens is 2. The Labute approximate surface area is 146 Å². The van der Waals surface area contributed by atoms with Crippen molar-refractivity contribution in [1.29, 1.82) is 5.26 Å².